The number of nitrogens with one attached hydrogen (secondary N) is 1. The van der Waals surface area contributed by atoms with Crippen molar-refractivity contribution in [2.75, 3.05) is 13.1 Å². The van der Waals surface area contributed by atoms with Crippen molar-refractivity contribution in [3.63, 3.8) is 0 Å². The molecule has 0 spiro atoms. The largest absolute Gasteiger partial charge is 0.316 e. The smallest absolute Gasteiger partial charge is 0.140 e. The molecule has 1 aromatic carbocycles. The molecule has 1 aliphatic rings. The molecular formula is C10H10BrF2N. The van der Waals surface area contributed by atoms with E-state index in [-0.39, 0.29) is 10.4 Å². The Bertz CT molecular complexity index is 325. The van der Waals surface area contributed by atoms with Crippen LogP contribution in [0.5, 0.6) is 0 Å². The lowest BCUT2D eigenvalue weighted by Gasteiger charge is -2.09. The second-order valence-electron chi connectivity index (χ2n) is 3.49. The van der Waals surface area contributed by atoms with Crippen molar-refractivity contribution in [2.24, 2.45) is 0 Å². The number of hydrogen-bond acceptors (Lipinski definition) is 1. The third-order valence-corrected chi connectivity index (χ3v) is 3.30. The van der Waals surface area contributed by atoms with Crippen LogP contribution < -0.4 is 5.32 Å². The lowest BCUT2D eigenvalue weighted by Crippen LogP contribution is -2.08. The molecule has 76 valence electrons. The van der Waals surface area contributed by atoms with Crippen molar-refractivity contribution in [1.29, 1.82) is 0 Å². The number of rotatable bonds is 1. The molecule has 1 aliphatic heterocycles. The SMILES string of the molecule is Fc1cc(C2CCNC2)cc(F)c1Br. The van der Waals surface area contributed by atoms with Gasteiger partial charge < -0.3 is 5.32 Å². The Labute approximate surface area is 89.6 Å². The molecule has 0 amide bonds. The van der Waals surface area contributed by atoms with Gasteiger partial charge in [0.2, 0.25) is 0 Å². The van der Waals surface area contributed by atoms with Gasteiger partial charge in [-0.1, -0.05) is 0 Å². The maximum atomic E-state index is 13.2. The van der Waals surface area contributed by atoms with E-state index < -0.39 is 11.6 Å². The monoisotopic (exact) mass is 261 g/mol. The first-order chi connectivity index (χ1) is 6.68. The van der Waals surface area contributed by atoms with E-state index in [1.165, 1.54) is 12.1 Å². The summed E-state index contributed by atoms with van der Waals surface area (Å²) in [4.78, 5) is 0. The molecule has 14 heavy (non-hydrogen) atoms. The second-order valence-corrected chi connectivity index (χ2v) is 4.28. The van der Waals surface area contributed by atoms with E-state index in [9.17, 15) is 8.78 Å². The van der Waals surface area contributed by atoms with Crippen molar-refractivity contribution in [3.05, 3.63) is 33.8 Å². The van der Waals surface area contributed by atoms with Crippen LogP contribution in [0.2, 0.25) is 0 Å². The van der Waals surface area contributed by atoms with E-state index >= 15 is 0 Å². The summed E-state index contributed by atoms with van der Waals surface area (Å²) in [5.74, 6) is -0.800. The molecule has 0 saturated carbocycles. The van der Waals surface area contributed by atoms with Crippen molar-refractivity contribution in [2.45, 2.75) is 12.3 Å². The number of hydrogen-bond donors (Lipinski definition) is 1. The van der Waals surface area contributed by atoms with Crippen LogP contribution in [-0.4, -0.2) is 13.1 Å². The van der Waals surface area contributed by atoms with Gasteiger partial charge in [-0.05, 0) is 52.5 Å². The zero-order valence-electron chi connectivity index (χ0n) is 7.49. The molecule has 2 rings (SSSR count). The van der Waals surface area contributed by atoms with Crippen molar-refractivity contribution in [3.8, 4) is 0 Å². The predicted molar refractivity (Wildman–Crippen MR) is 54.3 cm³/mol. The highest BCUT2D eigenvalue weighted by molar-refractivity contribution is 9.10. The first kappa shape index (κ1) is 10.1. The van der Waals surface area contributed by atoms with Gasteiger partial charge in [-0.3, -0.25) is 0 Å². The van der Waals surface area contributed by atoms with Crippen LogP contribution in [0.1, 0.15) is 17.9 Å². The molecular weight excluding hydrogens is 252 g/mol. The summed E-state index contributed by atoms with van der Waals surface area (Å²) in [5.41, 5.74) is 0.744. The second kappa shape index (κ2) is 3.95. The summed E-state index contributed by atoms with van der Waals surface area (Å²) < 4.78 is 26.3. The average molecular weight is 262 g/mol. The lowest BCUT2D eigenvalue weighted by atomic mass is 9.98. The Balaban J connectivity index is 2.34. The molecule has 0 aromatic heterocycles. The van der Waals surface area contributed by atoms with Crippen LogP contribution in [0.3, 0.4) is 0 Å². The Morgan fingerprint density at radius 2 is 1.93 bits per heavy atom. The Morgan fingerprint density at radius 1 is 1.29 bits per heavy atom. The van der Waals surface area contributed by atoms with Gasteiger partial charge in [0, 0.05) is 6.54 Å². The van der Waals surface area contributed by atoms with Gasteiger partial charge in [0.25, 0.3) is 0 Å². The zero-order chi connectivity index (χ0) is 10.1. The summed E-state index contributed by atoms with van der Waals surface area (Å²) in [6.07, 6.45) is 0.945. The highest BCUT2D eigenvalue weighted by Gasteiger charge is 2.19. The van der Waals surface area contributed by atoms with Gasteiger partial charge in [0.05, 0.1) is 4.47 Å². The molecule has 1 unspecified atom stereocenters. The summed E-state index contributed by atoms with van der Waals surface area (Å²) >= 11 is 2.86. The minimum Gasteiger partial charge on any atom is -0.316 e. The Morgan fingerprint density at radius 3 is 2.43 bits per heavy atom. The van der Waals surface area contributed by atoms with Crippen LogP contribution in [0, 0.1) is 11.6 Å². The Hall–Kier alpha value is -0.480. The van der Waals surface area contributed by atoms with Crippen molar-refractivity contribution >= 4 is 15.9 Å². The zero-order valence-corrected chi connectivity index (χ0v) is 9.07. The molecule has 1 fully saturated rings. The van der Waals surface area contributed by atoms with E-state index in [2.05, 4.69) is 21.2 Å². The van der Waals surface area contributed by atoms with Crippen LogP contribution in [0.4, 0.5) is 8.78 Å². The van der Waals surface area contributed by atoms with Crippen LogP contribution in [0.25, 0.3) is 0 Å². The van der Waals surface area contributed by atoms with Gasteiger partial charge >= 0.3 is 0 Å². The molecule has 1 saturated heterocycles. The van der Waals surface area contributed by atoms with E-state index in [4.69, 9.17) is 0 Å². The van der Waals surface area contributed by atoms with Gasteiger partial charge in [-0.2, -0.15) is 0 Å². The van der Waals surface area contributed by atoms with E-state index in [1.807, 2.05) is 0 Å². The number of benzene rings is 1. The first-order valence-electron chi connectivity index (χ1n) is 4.53. The van der Waals surface area contributed by atoms with Gasteiger partial charge in [-0.25, -0.2) is 8.78 Å². The fraction of sp³-hybridized carbons (Fsp3) is 0.400. The fourth-order valence-electron chi connectivity index (χ4n) is 1.75. The maximum absolute atomic E-state index is 13.2. The predicted octanol–water partition coefficient (Wildman–Crippen LogP) is 2.80. The normalized spacial score (nSPS) is 21.5. The average Bonchev–Trinajstić information content (AvgIpc) is 2.66. The minimum absolute atomic E-state index is 0.0767. The number of halogens is 3. The van der Waals surface area contributed by atoms with Crippen LogP contribution >= 0.6 is 15.9 Å². The van der Waals surface area contributed by atoms with Crippen LogP contribution in [-0.2, 0) is 0 Å². The fourth-order valence-corrected chi connectivity index (χ4v) is 1.98. The molecule has 1 aromatic rings. The van der Waals surface area contributed by atoms with Gasteiger partial charge in [0.15, 0.2) is 0 Å². The highest BCUT2D eigenvalue weighted by Crippen LogP contribution is 2.28. The first-order valence-corrected chi connectivity index (χ1v) is 5.33. The third kappa shape index (κ3) is 1.81. The Kier molecular flexibility index (Phi) is 2.83. The molecule has 1 atom stereocenters. The maximum Gasteiger partial charge on any atom is 0.140 e. The molecule has 1 heterocycles. The standard InChI is InChI=1S/C10H10BrF2N/c11-10-8(12)3-7(4-9(10)13)6-1-2-14-5-6/h3-4,6,14H,1-2,5H2. The van der Waals surface area contributed by atoms with E-state index in [0.717, 1.165) is 25.1 Å². The lowest BCUT2D eigenvalue weighted by molar-refractivity contribution is 0.564. The molecule has 4 heteroatoms. The van der Waals surface area contributed by atoms with Crippen LogP contribution in [0.15, 0.2) is 16.6 Å². The summed E-state index contributed by atoms with van der Waals surface area (Å²) in [6, 6.07) is 2.82. The molecule has 1 nitrogen and oxygen atoms in total. The molecule has 0 aliphatic carbocycles. The third-order valence-electron chi connectivity index (χ3n) is 2.54. The summed E-state index contributed by atoms with van der Waals surface area (Å²) in [5, 5.41) is 3.17. The molecule has 1 N–H and O–H groups in total. The topological polar surface area (TPSA) is 12.0 Å². The van der Waals surface area contributed by atoms with E-state index in [1.54, 1.807) is 0 Å². The van der Waals surface area contributed by atoms with Gasteiger partial charge in [0.1, 0.15) is 11.6 Å². The molecule has 0 bridgehead atoms. The minimum atomic E-state index is -0.521. The summed E-state index contributed by atoms with van der Waals surface area (Å²) in [6.45, 7) is 1.73. The summed E-state index contributed by atoms with van der Waals surface area (Å²) in [7, 11) is 0. The quantitative estimate of drug-likeness (QED) is 0.767. The van der Waals surface area contributed by atoms with Crippen molar-refractivity contribution < 1.29 is 8.78 Å². The van der Waals surface area contributed by atoms with E-state index in [0.29, 0.717) is 0 Å². The van der Waals surface area contributed by atoms with Crippen molar-refractivity contribution in [1.82, 2.24) is 5.32 Å². The van der Waals surface area contributed by atoms with Gasteiger partial charge in [-0.15, -0.1) is 0 Å². The molecule has 0 radical (unpaired) electrons. The highest BCUT2D eigenvalue weighted by atomic mass is 79.9.